The number of hydrogen-bond acceptors (Lipinski definition) is 4. The van der Waals surface area contributed by atoms with Gasteiger partial charge in [0.15, 0.2) is 0 Å². The highest BCUT2D eigenvalue weighted by atomic mass is 19.1. The van der Waals surface area contributed by atoms with Gasteiger partial charge in [0.25, 0.3) is 0 Å². The van der Waals surface area contributed by atoms with Crippen LogP contribution in [0.15, 0.2) is 42.5 Å². The number of hydrogen-bond donors (Lipinski definition) is 3. The zero-order valence-corrected chi connectivity index (χ0v) is 21.3. The summed E-state index contributed by atoms with van der Waals surface area (Å²) in [5.41, 5.74) is 2.56. The van der Waals surface area contributed by atoms with Gasteiger partial charge in [0.2, 0.25) is 5.91 Å². The SMILES string of the molecule is CCN1CCC(NC[C@@H](O)[C@H](Cc2cc(F)cc(F)c2)NC(C)=O)(c2cccc(C(C)C)c2)CC1. The number of piperidine rings is 1. The van der Waals surface area contributed by atoms with Crippen molar-refractivity contribution in [3.63, 3.8) is 0 Å². The van der Waals surface area contributed by atoms with E-state index in [9.17, 15) is 18.7 Å². The van der Waals surface area contributed by atoms with Crippen LogP contribution in [0.1, 0.15) is 63.1 Å². The molecule has 1 aliphatic heterocycles. The van der Waals surface area contributed by atoms with Gasteiger partial charge in [-0.15, -0.1) is 0 Å². The highest BCUT2D eigenvalue weighted by Crippen LogP contribution is 2.34. The highest BCUT2D eigenvalue weighted by molar-refractivity contribution is 5.73. The van der Waals surface area contributed by atoms with Crippen LogP contribution in [0, 0.1) is 11.6 Å². The number of nitrogens with one attached hydrogen (secondary N) is 2. The molecule has 35 heavy (non-hydrogen) atoms. The maximum absolute atomic E-state index is 13.7. The molecule has 3 N–H and O–H groups in total. The first-order valence-corrected chi connectivity index (χ1v) is 12.6. The van der Waals surface area contributed by atoms with Gasteiger partial charge in [0.05, 0.1) is 12.1 Å². The van der Waals surface area contributed by atoms with Crippen molar-refractivity contribution in [1.82, 2.24) is 15.5 Å². The van der Waals surface area contributed by atoms with Crippen LogP contribution >= 0.6 is 0 Å². The molecule has 2 aromatic carbocycles. The molecule has 1 aliphatic rings. The third kappa shape index (κ3) is 7.32. The second-order valence-electron chi connectivity index (χ2n) is 10.0. The fourth-order valence-electron chi connectivity index (χ4n) is 4.98. The number of benzene rings is 2. The first kappa shape index (κ1) is 27.2. The predicted molar refractivity (Wildman–Crippen MR) is 135 cm³/mol. The Morgan fingerprint density at radius 1 is 1.11 bits per heavy atom. The van der Waals surface area contributed by atoms with Gasteiger partial charge in [-0.05, 0) is 60.5 Å². The van der Waals surface area contributed by atoms with E-state index in [2.05, 4.69) is 60.6 Å². The Labute approximate surface area is 207 Å². The molecule has 1 fully saturated rings. The van der Waals surface area contributed by atoms with Crippen LogP contribution in [0.4, 0.5) is 8.78 Å². The van der Waals surface area contributed by atoms with Crippen LogP contribution in [0.25, 0.3) is 0 Å². The molecule has 5 nitrogen and oxygen atoms in total. The van der Waals surface area contributed by atoms with E-state index in [4.69, 9.17) is 0 Å². The topological polar surface area (TPSA) is 64.6 Å². The van der Waals surface area contributed by atoms with E-state index in [1.54, 1.807) is 0 Å². The van der Waals surface area contributed by atoms with Crippen LogP contribution in [-0.4, -0.2) is 54.2 Å². The van der Waals surface area contributed by atoms with Gasteiger partial charge >= 0.3 is 0 Å². The van der Waals surface area contributed by atoms with E-state index in [1.165, 1.54) is 30.2 Å². The summed E-state index contributed by atoms with van der Waals surface area (Å²) in [5.74, 6) is -1.26. The lowest BCUT2D eigenvalue weighted by Crippen LogP contribution is -2.55. The van der Waals surface area contributed by atoms with Gasteiger partial charge in [0, 0.05) is 38.2 Å². The fourth-order valence-corrected chi connectivity index (χ4v) is 4.98. The Morgan fingerprint density at radius 3 is 2.34 bits per heavy atom. The quantitative estimate of drug-likeness (QED) is 0.472. The van der Waals surface area contributed by atoms with Crippen molar-refractivity contribution >= 4 is 5.91 Å². The number of carbonyl (C=O) groups excluding carboxylic acids is 1. The van der Waals surface area contributed by atoms with E-state index in [0.29, 0.717) is 11.5 Å². The van der Waals surface area contributed by atoms with Crippen molar-refractivity contribution in [2.45, 2.75) is 70.6 Å². The third-order valence-corrected chi connectivity index (χ3v) is 7.14. The minimum Gasteiger partial charge on any atom is -0.390 e. The van der Waals surface area contributed by atoms with E-state index >= 15 is 0 Å². The maximum atomic E-state index is 13.7. The van der Waals surface area contributed by atoms with Gasteiger partial charge in [0.1, 0.15) is 11.6 Å². The summed E-state index contributed by atoms with van der Waals surface area (Å²) in [7, 11) is 0. The Balaban J connectivity index is 1.81. The smallest absolute Gasteiger partial charge is 0.217 e. The molecular weight excluding hydrogens is 448 g/mol. The van der Waals surface area contributed by atoms with Gasteiger partial charge in [-0.25, -0.2) is 8.78 Å². The number of carbonyl (C=O) groups is 1. The summed E-state index contributed by atoms with van der Waals surface area (Å²) < 4.78 is 27.4. The molecule has 0 saturated carbocycles. The Hall–Kier alpha value is -2.35. The molecule has 7 heteroatoms. The molecule has 0 aliphatic carbocycles. The van der Waals surface area contributed by atoms with Crippen molar-refractivity contribution in [2.75, 3.05) is 26.2 Å². The number of aliphatic hydroxyl groups excluding tert-OH is 1. The normalized spacial score (nSPS) is 17.8. The second kappa shape index (κ2) is 12.1. The lowest BCUT2D eigenvalue weighted by Gasteiger charge is -2.44. The second-order valence-corrected chi connectivity index (χ2v) is 10.0. The predicted octanol–water partition coefficient (Wildman–Crippen LogP) is 4.10. The summed E-state index contributed by atoms with van der Waals surface area (Å²) in [4.78, 5) is 14.3. The summed E-state index contributed by atoms with van der Waals surface area (Å²) in [6, 6.07) is 11.2. The largest absolute Gasteiger partial charge is 0.390 e. The lowest BCUT2D eigenvalue weighted by atomic mass is 9.79. The number of nitrogens with zero attached hydrogens (tertiary/aromatic N) is 1. The maximum Gasteiger partial charge on any atom is 0.217 e. The average Bonchev–Trinajstić information content (AvgIpc) is 2.81. The van der Waals surface area contributed by atoms with Gasteiger partial charge in [-0.1, -0.05) is 45.0 Å². The Bertz CT molecular complexity index is 970. The van der Waals surface area contributed by atoms with E-state index < -0.39 is 23.8 Å². The molecular formula is C28H39F2N3O2. The van der Waals surface area contributed by atoms with Crippen LogP contribution in [0.5, 0.6) is 0 Å². The number of halogens is 2. The van der Waals surface area contributed by atoms with Crippen LogP contribution in [0.2, 0.25) is 0 Å². The number of likely N-dealkylation sites (tertiary alicyclic amines) is 1. The summed E-state index contributed by atoms with van der Waals surface area (Å²) in [6.45, 7) is 11.0. The first-order chi connectivity index (χ1) is 16.6. The van der Waals surface area contributed by atoms with Crippen molar-refractivity contribution in [1.29, 1.82) is 0 Å². The Morgan fingerprint density at radius 2 is 1.77 bits per heavy atom. The van der Waals surface area contributed by atoms with Crippen molar-refractivity contribution < 1.29 is 18.7 Å². The monoisotopic (exact) mass is 487 g/mol. The van der Waals surface area contributed by atoms with Crippen molar-refractivity contribution in [2.24, 2.45) is 0 Å². The molecule has 0 radical (unpaired) electrons. The molecule has 0 spiro atoms. The standard InChI is InChI=1S/C28H39F2N3O2/c1-5-33-11-9-28(10-12-33,23-8-6-7-22(16-23)19(2)3)31-18-27(35)26(32-20(4)34)15-21-13-24(29)17-25(30)14-21/h6-8,13-14,16-17,19,26-27,31,35H,5,9-12,15,18H2,1-4H3,(H,32,34)/t26-,27+/m0/s1. The molecule has 1 saturated heterocycles. The van der Waals surface area contributed by atoms with E-state index in [-0.39, 0.29) is 24.4 Å². The van der Waals surface area contributed by atoms with Crippen molar-refractivity contribution in [3.05, 3.63) is 70.8 Å². The molecule has 0 bridgehead atoms. The lowest BCUT2D eigenvalue weighted by molar-refractivity contribution is -0.120. The highest BCUT2D eigenvalue weighted by Gasteiger charge is 2.37. The molecule has 2 aromatic rings. The molecule has 1 amide bonds. The van der Waals surface area contributed by atoms with Gasteiger partial charge in [-0.2, -0.15) is 0 Å². The number of rotatable bonds is 10. The summed E-state index contributed by atoms with van der Waals surface area (Å²) in [5, 5.41) is 17.5. The summed E-state index contributed by atoms with van der Waals surface area (Å²) >= 11 is 0. The molecule has 2 atom stereocenters. The van der Waals surface area contributed by atoms with E-state index in [0.717, 1.165) is 38.5 Å². The zero-order chi connectivity index (χ0) is 25.6. The first-order valence-electron chi connectivity index (χ1n) is 12.6. The molecule has 192 valence electrons. The van der Waals surface area contributed by atoms with Crippen LogP contribution in [0.3, 0.4) is 0 Å². The van der Waals surface area contributed by atoms with Crippen molar-refractivity contribution in [3.8, 4) is 0 Å². The molecule has 0 aromatic heterocycles. The average molecular weight is 488 g/mol. The summed E-state index contributed by atoms with van der Waals surface area (Å²) in [6.07, 6.45) is 0.972. The molecule has 3 rings (SSSR count). The fraction of sp³-hybridized carbons (Fsp3) is 0.536. The number of aliphatic hydroxyl groups is 1. The Kier molecular flexibility index (Phi) is 9.39. The molecule has 0 unspecified atom stereocenters. The van der Waals surface area contributed by atoms with Gasteiger partial charge < -0.3 is 20.6 Å². The third-order valence-electron chi connectivity index (χ3n) is 7.14. The molecule has 1 heterocycles. The van der Waals surface area contributed by atoms with E-state index in [1.807, 2.05) is 0 Å². The minimum atomic E-state index is -0.945. The van der Waals surface area contributed by atoms with Crippen LogP contribution in [-0.2, 0) is 16.8 Å². The van der Waals surface area contributed by atoms with Crippen LogP contribution < -0.4 is 10.6 Å². The number of amides is 1. The zero-order valence-electron chi connectivity index (χ0n) is 21.3. The van der Waals surface area contributed by atoms with Gasteiger partial charge in [-0.3, -0.25) is 4.79 Å². The minimum absolute atomic E-state index is 0.122.